The van der Waals surface area contributed by atoms with Gasteiger partial charge in [-0.1, -0.05) is 45.0 Å². The van der Waals surface area contributed by atoms with Crippen molar-refractivity contribution < 1.29 is 9.59 Å². The molecule has 166 valence electrons. The highest BCUT2D eigenvalue weighted by molar-refractivity contribution is 7.90. The Morgan fingerprint density at radius 1 is 1.20 bits per heavy atom. The molecule has 0 saturated carbocycles. The monoisotopic (exact) mass is 432 g/mol. The van der Waals surface area contributed by atoms with E-state index in [-0.39, 0.29) is 23.3 Å². The van der Waals surface area contributed by atoms with Crippen LogP contribution in [-0.4, -0.2) is 49.4 Å². The maximum absolute atomic E-state index is 13.1. The van der Waals surface area contributed by atoms with Gasteiger partial charge >= 0.3 is 0 Å². The minimum absolute atomic E-state index is 0.00000193. The zero-order valence-electron chi connectivity index (χ0n) is 19.0. The van der Waals surface area contributed by atoms with Gasteiger partial charge in [0.2, 0.25) is 11.8 Å². The van der Waals surface area contributed by atoms with Gasteiger partial charge in [-0.25, -0.2) is 0 Å². The average Bonchev–Trinajstić information content (AvgIpc) is 3.20. The van der Waals surface area contributed by atoms with E-state index in [4.69, 9.17) is 0 Å². The Morgan fingerprint density at radius 3 is 2.37 bits per heavy atom. The zero-order valence-corrected chi connectivity index (χ0v) is 19.9. The van der Waals surface area contributed by atoms with Crippen molar-refractivity contribution in [2.45, 2.75) is 59.2 Å². The Bertz CT molecular complexity index is 783. The summed E-state index contributed by atoms with van der Waals surface area (Å²) in [5, 5.41) is 9.23. The van der Waals surface area contributed by atoms with Crippen LogP contribution < -0.4 is 16.0 Å². The van der Waals surface area contributed by atoms with Gasteiger partial charge in [-0.15, -0.1) is 12.6 Å². The van der Waals surface area contributed by atoms with Crippen molar-refractivity contribution in [1.29, 1.82) is 0 Å². The highest BCUT2D eigenvalue weighted by Gasteiger charge is 2.40. The molecule has 1 saturated heterocycles. The van der Waals surface area contributed by atoms with Crippen LogP contribution in [0.4, 0.5) is 0 Å². The van der Waals surface area contributed by atoms with Crippen molar-refractivity contribution in [3.05, 3.63) is 41.1 Å². The van der Waals surface area contributed by atoms with Gasteiger partial charge in [0, 0.05) is 30.7 Å². The minimum Gasteiger partial charge on any atom is -0.391 e. The molecular formula is C23H36N4O2S. The molecule has 0 radical (unpaired) electrons. The highest BCUT2D eigenvalue weighted by atomic mass is 32.1. The fourth-order valence-corrected chi connectivity index (χ4v) is 4.08. The van der Waals surface area contributed by atoms with Crippen molar-refractivity contribution in [2.75, 3.05) is 20.6 Å². The highest BCUT2D eigenvalue weighted by Crippen LogP contribution is 2.26. The summed E-state index contributed by atoms with van der Waals surface area (Å²) in [6.07, 6.45) is 1.55. The van der Waals surface area contributed by atoms with Crippen LogP contribution in [-0.2, 0) is 16.1 Å². The fraction of sp³-hybridized carbons (Fsp3) is 0.565. The number of nitrogens with zero attached hydrogens (tertiary/aromatic N) is 1. The number of carbonyl (C=O) groups is 2. The number of nitrogens with one attached hydrogen (secondary N) is 3. The SMILES string of the molecule is CN/C(C)=C(\S)c1ccc(CNC(=O)C2CCCN2C(=O)C(NC)C(C)(C)C)cc1. The van der Waals surface area contributed by atoms with E-state index in [1.165, 1.54) is 0 Å². The average molecular weight is 433 g/mol. The fourth-order valence-electron chi connectivity index (χ4n) is 3.82. The molecule has 2 rings (SSSR count). The number of amides is 2. The first kappa shape index (κ1) is 24.3. The van der Waals surface area contributed by atoms with E-state index in [0.717, 1.165) is 28.1 Å². The summed E-state index contributed by atoms with van der Waals surface area (Å²) in [7, 11) is 3.67. The van der Waals surface area contributed by atoms with Crippen molar-refractivity contribution in [2.24, 2.45) is 5.41 Å². The van der Waals surface area contributed by atoms with Crippen molar-refractivity contribution >= 4 is 29.3 Å². The Balaban J connectivity index is 2.01. The molecule has 7 heteroatoms. The van der Waals surface area contributed by atoms with E-state index in [1.54, 1.807) is 11.9 Å². The first-order valence-corrected chi connectivity index (χ1v) is 11.0. The van der Waals surface area contributed by atoms with Crippen LogP contribution in [0.5, 0.6) is 0 Å². The van der Waals surface area contributed by atoms with Gasteiger partial charge in [-0.2, -0.15) is 0 Å². The second-order valence-electron chi connectivity index (χ2n) is 8.92. The Hall–Kier alpha value is -1.99. The summed E-state index contributed by atoms with van der Waals surface area (Å²) in [6, 6.07) is 7.25. The molecule has 1 fully saturated rings. The van der Waals surface area contributed by atoms with Crippen LogP contribution >= 0.6 is 12.6 Å². The lowest BCUT2D eigenvalue weighted by Gasteiger charge is -2.34. The largest absolute Gasteiger partial charge is 0.391 e. The third-order valence-electron chi connectivity index (χ3n) is 5.66. The Kier molecular flexibility index (Phi) is 8.38. The smallest absolute Gasteiger partial charge is 0.243 e. The Labute approximate surface area is 186 Å². The molecule has 2 atom stereocenters. The predicted molar refractivity (Wildman–Crippen MR) is 126 cm³/mol. The maximum Gasteiger partial charge on any atom is 0.243 e. The molecule has 0 aliphatic carbocycles. The quantitative estimate of drug-likeness (QED) is 0.500. The summed E-state index contributed by atoms with van der Waals surface area (Å²) in [4.78, 5) is 28.5. The number of hydrogen-bond donors (Lipinski definition) is 4. The number of likely N-dealkylation sites (N-methyl/N-ethyl adjacent to an activating group) is 1. The molecule has 1 aromatic carbocycles. The Morgan fingerprint density at radius 2 is 1.83 bits per heavy atom. The van der Waals surface area contributed by atoms with Gasteiger partial charge < -0.3 is 20.9 Å². The molecule has 2 amide bonds. The summed E-state index contributed by atoms with van der Waals surface area (Å²) in [5.41, 5.74) is 2.81. The molecule has 0 bridgehead atoms. The van der Waals surface area contributed by atoms with Gasteiger partial charge in [0.1, 0.15) is 6.04 Å². The van der Waals surface area contributed by atoms with E-state index in [1.807, 2.05) is 59.0 Å². The molecular weight excluding hydrogens is 396 g/mol. The molecule has 1 heterocycles. The zero-order chi connectivity index (χ0) is 22.5. The second-order valence-corrected chi connectivity index (χ2v) is 9.36. The third kappa shape index (κ3) is 5.79. The van der Waals surface area contributed by atoms with Crippen LogP contribution in [0.15, 0.2) is 30.0 Å². The first-order chi connectivity index (χ1) is 14.1. The van der Waals surface area contributed by atoms with Gasteiger partial charge in [0.15, 0.2) is 0 Å². The minimum atomic E-state index is -0.403. The molecule has 1 aliphatic heterocycles. The summed E-state index contributed by atoms with van der Waals surface area (Å²) in [6.45, 7) is 9.13. The van der Waals surface area contributed by atoms with Crippen LogP contribution in [0.3, 0.4) is 0 Å². The predicted octanol–water partition coefficient (Wildman–Crippen LogP) is 2.77. The number of benzene rings is 1. The molecule has 2 unspecified atom stereocenters. The molecule has 0 spiro atoms. The van der Waals surface area contributed by atoms with E-state index in [0.29, 0.717) is 19.5 Å². The lowest BCUT2D eigenvalue weighted by atomic mass is 9.86. The van der Waals surface area contributed by atoms with Crippen molar-refractivity contribution in [3.63, 3.8) is 0 Å². The summed E-state index contributed by atoms with van der Waals surface area (Å²) in [5.74, 6) is -0.0884. The van der Waals surface area contributed by atoms with Crippen molar-refractivity contribution in [1.82, 2.24) is 20.9 Å². The number of thiol groups is 1. The summed E-state index contributed by atoms with van der Waals surface area (Å²) >= 11 is 4.55. The number of likely N-dealkylation sites (tertiary alicyclic amines) is 1. The first-order valence-electron chi connectivity index (χ1n) is 10.5. The molecule has 30 heavy (non-hydrogen) atoms. The van der Waals surface area contributed by atoms with Crippen LogP contribution in [0.2, 0.25) is 0 Å². The van der Waals surface area contributed by atoms with E-state index in [9.17, 15) is 9.59 Å². The van der Waals surface area contributed by atoms with Gasteiger partial charge in [0.25, 0.3) is 0 Å². The van der Waals surface area contributed by atoms with E-state index >= 15 is 0 Å². The van der Waals surface area contributed by atoms with Crippen LogP contribution in [0, 0.1) is 5.41 Å². The van der Waals surface area contributed by atoms with Crippen molar-refractivity contribution in [3.8, 4) is 0 Å². The third-order valence-corrected chi connectivity index (χ3v) is 6.26. The second kappa shape index (κ2) is 10.4. The van der Waals surface area contributed by atoms with E-state index < -0.39 is 6.04 Å². The van der Waals surface area contributed by atoms with Gasteiger partial charge in [-0.05, 0) is 43.4 Å². The standard InChI is InChI=1S/C23H36N4O2S/c1-15(24-5)19(30)17-11-9-16(10-12-17)14-26-21(28)18-8-7-13-27(18)22(29)20(25-6)23(2,3)4/h9-12,18,20,24-25,30H,7-8,13-14H2,1-6H3,(H,26,28)/b19-15-. The molecule has 3 N–H and O–H groups in total. The maximum atomic E-state index is 13.1. The molecule has 0 aromatic heterocycles. The summed E-state index contributed by atoms with van der Waals surface area (Å²) < 4.78 is 0. The molecule has 1 aromatic rings. The molecule has 6 nitrogen and oxygen atoms in total. The lowest BCUT2D eigenvalue weighted by Crippen LogP contribution is -2.55. The number of carbonyl (C=O) groups excluding carboxylic acids is 2. The van der Waals surface area contributed by atoms with Crippen LogP contribution in [0.25, 0.3) is 4.91 Å². The van der Waals surface area contributed by atoms with E-state index in [2.05, 4.69) is 28.6 Å². The van der Waals surface area contributed by atoms with Crippen LogP contribution in [0.1, 0.15) is 51.7 Å². The number of hydrogen-bond acceptors (Lipinski definition) is 5. The number of rotatable bonds is 7. The topological polar surface area (TPSA) is 73.5 Å². The number of allylic oxidation sites excluding steroid dienone is 1. The molecule has 1 aliphatic rings. The van der Waals surface area contributed by atoms with Gasteiger partial charge in [-0.3, -0.25) is 9.59 Å². The normalized spacial score (nSPS) is 18.6. The lowest BCUT2D eigenvalue weighted by molar-refractivity contribution is -0.142. The van der Waals surface area contributed by atoms with Gasteiger partial charge in [0.05, 0.1) is 6.04 Å².